The van der Waals surface area contributed by atoms with Gasteiger partial charge in [0.2, 0.25) is 0 Å². The summed E-state index contributed by atoms with van der Waals surface area (Å²) in [7, 11) is 0. The lowest BCUT2D eigenvalue weighted by atomic mass is 10.1. The van der Waals surface area contributed by atoms with Gasteiger partial charge in [-0.25, -0.2) is 0 Å². The minimum atomic E-state index is -0.549. The topological polar surface area (TPSA) is 56.8 Å². The van der Waals surface area contributed by atoms with E-state index < -0.39 is 6.10 Å². The van der Waals surface area contributed by atoms with E-state index in [2.05, 4.69) is 5.32 Å². The maximum absolute atomic E-state index is 12.8. The fraction of sp³-hybridized carbons (Fsp3) is 0.458. The van der Waals surface area contributed by atoms with Crippen molar-refractivity contribution in [2.45, 2.75) is 60.1 Å². The molecular formula is C24H33NO4. The van der Waals surface area contributed by atoms with Crippen LogP contribution >= 0.6 is 0 Å². The van der Waals surface area contributed by atoms with E-state index in [-0.39, 0.29) is 11.9 Å². The number of carbonyl (C=O) groups is 1. The van der Waals surface area contributed by atoms with Crippen molar-refractivity contribution in [1.29, 1.82) is 0 Å². The third-order valence-electron chi connectivity index (χ3n) is 4.70. The number of carbonyl (C=O) groups excluding carboxylic acids is 1. The molecule has 0 saturated carbocycles. The van der Waals surface area contributed by atoms with Gasteiger partial charge < -0.3 is 19.5 Å². The van der Waals surface area contributed by atoms with Gasteiger partial charge in [0.1, 0.15) is 5.75 Å². The van der Waals surface area contributed by atoms with Gasteiger partial charge in [0.15, 0.2) is 17.6 Å². The molecule has 0 aromatic heterocycles. The molecule has 2 aromatic rings. The summed E-state index contributed by atoms with van der Waals surface area (Å²) in [5.41, 5.74) is 3.07. The summed E-state index contributed by atoms with van der Waals surface area (Å²) in [5.74, 6) is 2.01. The summed E-state index contributed by atoms with van der Waals surface area (Å²) in [4.78, 5) is 12.8. The molecule has 2 rings (SSSR count). The van der Waals surface area contributed by atoms with Crippen molar-refractivity contribution < 1.29 is 19.0 Å². The maximum atomic E-state index is 12.8. The van der Waals surface area contributed by atoms with Gasteiger partial charge >= 0.3 is 0 Å². The van der Waals surface area contributed by atoms with Crippen molar-refractivity contribution in [2.24, 2.45) is 0 Å². The molecule has 2 unspecified atom stereocenters. The first-order chi connectivity index (χ1) is 13.9. The first-order valence-electron chi connectivity index (χ1n) is 10.3. The van der Waals surface area contributed by atoms with Crippen molar-refractivity contribution in [3.05, 3.63) is 53.1 Å². The molecule has 0 radical (unpaired) electrons. The molecule has 0 aliphatic rings. The van der Waals surface area contributed by atoms with Gasteiger partial charge in [-0.2, -0.15) is 0 Å². The minimum absolute atomic E-state index is 0.132. The average Bonchev–Trinajstić information content (AvgIpc) is 2.70. The lowest BCUT2D eigenvalue weighted by Crippen LogP contribution is -2.39. The second kappa shape index (κ2) is 10.7. The van der Waals surface area contributed by atoms with Crippen LogP contribution in [0.25, 0.3) is 0 Å². The highest BCUT2D eigenvalue weighted by Gasteiger charge is 2.22. The highest BCUT2D eigenvalue weighted by atomic mass is 16.5. The third-order valence-corrected chi connectivity index (χ3v) is 4.70. The Balaban J connectivity index is 2.11. The van der Waals surface area contributed by atoms with Crippen molar-refractivity contribution >= 4 is 5.91 Å². The van der Waals surface area contributed by atoms with Crippen LogP contribution in [0.15, 0.2) is 36.4 Å². The second-order valence-electron chi connectivity index (χ2n) is 7.09. The summed E-state index contributed by atoms with van der Waals surface area (Å²) >= 11 is 0. The number of nitrogens with one attached hydrogen (secondary N) is 1. The van der Waals surface area contributed by atoms with Crippen molar-refractivity contribution in [3.8, 4) is 17.2 Å². The highest BCUT2D eigenvalue weighted by Crippen LogP contribution is 2.31. The fourth-order valence-corrected chi connectivity index (χ4v) is 3.04. The minimum Gasteiger partial charge on any atom is -0.490 e. The summed E-state index contributed by atoms with van der Waals surface area (Å²) < 4.78 is 17.3. The first-order valence-corrected chi connectivity index (χ1v) is 10.3. The Kier molecular flexibility index (Phi) is 8.37. The fourth-order valence-electron chi connectivity index (χ4n) is 3.04. The van der Waals surface area contributed by atoms with Crippen LogP contribution in [0.3, 0.4) is 0 Å². The number of rotatable bonds is 10. The van der Waals surface area contributed by atoms with E-state index >= 15 is 0 Å². The normalized spacial score (nSPS) is 12.8. The number of benzene rings is 2. The number of hydrogen-bond donors (Lipinski definition) is 1. The summed E-state index contributed by atoms with van der Waals surface area (Å²) in [6.45, 7) is 12.9. The standard InChI is InChI=1S/C24H33NO4/c1-7-20(29-22-14-16(4)10-11-17(22)5)24(26)25-18(6)19-12-13-21(27-8-2)23(15-19)28-9-3/h10-15,18,20H,7-9H2,1-6H3,(H,25,26). The monoisotopic (exact) mass is 399 g/mol. The van der Waals surface area contributed by atoms with E-state index in [0.717, 1.165) is 22.4 Å². The first kappa shape index (κ1) is 22.6. The zero-order valence-electron chi connectivity index (χ0n) is 18.4. The summed E-state index contributed by atoms with van der Waals surface area (Å²) in [5, 5.41) is 3.06. The molecule has 0 bridgehead atoms. The van der Waals surface area contributed by atoms with E-state index in [1.165, 1.54) is 0 Å². The maximum Gasteiger partial charge on any atom is 0.261 e. The quantitative estimate of drug-likeness (QED) is 0.601. The van der Waals surface area contributed by atoms with Gasteiger partial charge in [-0.3, -0.25) is 4.79 Å². The third kappa shape index (κ3) is 6.14. The number of ether oxygens (including phenoxy) is 3. The Bertz CT molecular complexity index is 819. The molecule has 1 amide bonds. The molecule has 5 heteroatoms. The lowest BCUT2D eigenvalue weighted by Gasteiger charge is -2.22. The molecule has 2 atom stereocenters. The summed E-state index contributed by atoms with van der Waals surface area (Å²) in [6.07, 6.45) is 0.0337. The van der Waals surface area contributed by atoms with Crippen LogP contribution in [-0.2, 0) is 4.79 Å². The number of aryl methyl sites for hydroxylation is 2. The molecule has 2 aromatic carbocycles. The molecule has 0 aliphatic carbocycles. The number of hydrogen-bond acceptors (Lipinski definition) is 4. The molecule has 0 saturated heterocycles. The van der Waals surface area contributed by atoms with Crippen LogP contribution in [0.1, 0.15) is 56.8 Å². The Morgan fingerprint density at radius 2 is 1.62 bits per heavy atom. The van der Waals surface area contributed by atoms with E-state index in [0.29, 0.717) is 31.1 Å². The molecule has 0 fully saturated rings. The van der Waals surface area contributed by atoms with Crippen molar-refractivity contribution in [1.82, 2.24) is 5.32 Å². The highest BCUT2D eigenvalue weighted by molar-refractivity contribution is 5.81. The van der Waals surface area contributed by atoms with Crippen molar-refractivity contribution in [2.75, 3.05) is 13.2 Å². The lowest BCUT2D eigenvalue weighted by molar-refractivity contribution is -0.128. The molecule has 158 valence electrons. The van der Waals surface area contributed by atoms with E-state index in [1.54, 1.807) is 0 Å². The molecular weight excluding hydrogens is 366 g/mol. The predicted molar refractivity (Wildman–Crippen MR) is 116 cm³/mol. The van der Waals surface area contributed by atoms with Gasteiger partial charge in [-0.1, -0.05) is 25.1 Å². The SMILES string of the molecule is CCOc1ccc(C(C)NC(=O)C(CC)Oc2cc(C)ccc2C)cc1OCC. The van der Waals surface area contributed by atoms with Gasteiger partial charge in [0.05, 0.1) is 19.3 Å². The van der Waals surface area contributed by atoms with Crippen LogP contribution in [0, 0.1) is 13.8 Å². The Morgan fingerprint density at radius 1 is 0.931 bits per heavy atom. The largest absolute Gasteiger partial charge is 0.490 e. The molecule has 29 heavy (non-hydrogen) atoms. The van der Waals surface area contributed by atoms with Crippen LogP contribution in [0.2, 0.25) is 0 Å². The van der Waals surface area contributed by atoms with Gasteiger partial charge in [-0.05, 0) is 75.9 Å². The second-order valence-corrected chi connectivity index (χ2v) is 7.09. The summed E-state index contributed by atoms with van der Waals surface area (Å²) in [6, 6.07) is 11.6. The Hall–Kier alpha value is -2.69. The molecule has 0 aliphatic heterocycles. The van der Waals surface area contributed by atoms with Crippen LogP contribution < -0.4 is 19.5 Å². The molecule has 0 heterocycles. The van der Waals surface area contributed by atoms with Gasteiger partial charge in [0, 0.05) is 0 Å². The predicted octanol–water partition coefficient (Wildman–Crippen LogP) is 5.14. The van der Waals surface area contributed by atoms with Crippen molar-refractivity contribution in [3.63, 3.8) is 0 Å². The average molecular weight is 400 g/mol. The van der Waals surface area contributed by atoms with E-state index in [4.69, 9.17) is 14.2 Å². The molecule has 1 N–H and O–H groups in total. The number of amides is 1. The van der Waals surface area contributed by atoms with Gasteiger partial charge in [-0.15, -0.1) is 0 Å². The van der Waals surface area contributed by atoms with Crippen LogP contribution in [0.5, 0.6) is 17.2 Å². The van der Waals surface area contributed by atoms with E-state index in [9.17, 15) is 4.79 Å². The Morgan fingerprint density at radius 3 is 2.28 bits per heavy atom. The molecule has 5 nitrogen and oxygen atoms in total. The van der Waals surface area contributed by atoms with Gasteiger partial charge in [0.25, 0.3) is 5.91 Å². The molecule has 0 spiro atoms. The zero-order chi connectivity index (χ0) is 21.4. The van der Waals surface area contributed by atoms with Crippen LogP contribution in [0.4, 0.5) is 0 Å². The van der Waals surface area contributed by atoms with E-state index in [1.807, 2.05) is 77.9 Å². The smallest absolute Gasteiger partial charge is 0.261 e. The Labute approximate surface area is 174 Å². The zero-order valence-corrected chi connectivity index (χ0v) is 18.4. The van der Waals surface area contributed by atoms with Crippen LogP contribution in [-0.4, -0.2) is 25.2 Å².